The number of hydrogen-bond acceptors (Lipinski definition) is 3. The summed E-state index contributed by atoms with van der Waals surface area (Å²) in [6.45, 7) is 3.76. The Hall–Kier alpha value is -1.58. The van der Waals surface area contributed by atoms with Gasteiger partial charge in [-0.15, -0.1) is 0 Å². The molecule has 4 nitrogen and oxygen atoms in total. The molecular formula is C16H23N3O. The molecule has 0 spiro atoms. The molecule has 1 aromatic rings. The topological polar surface area (TPSA) is 45.2 Å². The highest BCUT2D eigenvalue weighted by molar-refractivity contribution is 5.99. The molecule has 0 radical (unpaired) electrons. The zero-order valence-corrected chi connectivity index (χ0v) is 12.1. The number of nitrogens with zero attached hydrogens (tertiary/aromatic N) is 2. The first-order valence-electron chi connectivity index (χ1n) is 7.80. The maximum absolute atomic E-state index is 12.9. The Bertz CT molecular complexity index is 488. The summed E-state index contributed by atoms with van der Waals surface area (Å²) in [6, 6.07) is 2.36. The molecule has 2 atom stereocenters. The van der Waals surface area contributed by atoms with Gasteiger partial charge in [0.2, 0.25) is 0 Å². The van der Waals surface area contributed by atoms with Gasteiger partial charge >= 0.3 is 0 Å². The molecule has 0 bridgehead atoms. The molecule has 1 saturated heterocycles. The fraction of sp³-hybridized carbons (Fsp3) is 0.625. The smallest absolute Gasteiger partial charge is 0.257 e. The van der Waals surface area contributed by atoms with Crippen molar-refractivity contribution in [3.05, 3.63) is 24.0 Å². The van der Waals surface area contributed by atoms with Crippen molar-refractivity contribution < 1.29 is 4.79 Å². The first kappa shape index (κ1) is 13.4. The fourth-order valence-electron chi connectivity index (χ4n) is 3.77. The van der Waals surface area contributed by atoms with E-state index in [9.17, 15) is 4.79 Å². The predicted octanol–water partition coefficient (Wildman–Crippen LogP) is 2.92. The molecular weight excluding hydrogens is 250 g/mol. The zero-order chi connectivity index (χ0) is 13.9. The average molecular weight is 273 g/mol. The van der Waals surface area contributed by atoms with Crippen molar-refractivity contribution in [3.63, 3.8) is 0 Å². The second-order valence-electron chi connectivity index (χ2n) is 5.85. The van der Waals surface area contributed by atoms with E-state index in [-0.39, 0.29) is 5.91 Å². The molecule has 108 valence electrons. The average Bonchev–Trinajstić information content (AvgIpc) is 2.96. The molecule has 1 amide bonds. The number of likely N-dealkylation sites (tertiary alicyclic amines) is 1. The lowest BCUT2D eigenvalue weighted by molar-refractivity contribution is 0.0549. The Morgan fingerprint density at radius 2 is 2.25 bits per heavy atom. The molecule has 20 heavy (non-hydrogen) atoms. The molecule has 0 aromatic carbocycles. The Morgan fingerprint density at radius 1 is 1.40 bits per heavy atom. The number of fused-ring (bicyclic) bond motifs is 1. The van der Waals surface area contributed by atoms with Crippen molar-refractivity contribution in [2.24, 2.45) is 5.92 Å². The van der Waals surface area contributed by atoms with E-state index in [4.69, 9.17) is 0 Å². The summed E-state index contributed by atoms with van der Waals surface area (Å²) in [4.78, 5) is 19.1. The SMILES string of the molecule is CCNc1ccncc1C(=O)N1CCCC2CCCC21. The molecule has 2 fully saturated rings. The number of carbonyl (C=O) groups is 1. The maximum atomic E-state index is 12.9. The van der Waals surface area contributed by atoms with Crippen LogP contribution in [0, 0.1) is 5.92 Å². The Labute approximate surface area is 120 Å². The summed E-state index contributed by atoms with van der Waals surface area (Å²) < 4.78 is 0. The highest BCUT2D eigenvalue weighted by atomic mass is 16.2. The van der Waals surface area contributed by atoms with Gasteiger partial charge in [-0.25, -0.2) is 0 Å². The zero-order valence-electron chi connectivity index (χ0n) is 12.1. The van der Waals surface area contributed by atoms with Crippen LogP contribution in [0.2, 0.25) is 0 Å². The van der Waals surface area contributed by atoms with E-state index in [1.165, 1.54) is 25.7 Å². The Kier molecular flexibility index (Phi) is 3.90. The van der Waals surface area contributed by atoms with E-state index in [0.29, 0.717) is 6.04 Å². The van der Waals surface area contributed by atoms with E-state index >= 15 is 0 Å². The quantitative estimate of drug-likeness (QED) is 0.921. The molecule has 1 aromatic heterocycles. The van der Waals surface area contributed by atoms with Crippen LogP contribution in [-0.2, 0) is 0 Å². The molecule has 2 unspecified atom stereocenters. The van der Waals surface area contributed by atoms with Gasteiger partial charge < -0.3 is 10.2 Å². The van der Waals surface area contributed by atoms with Crippen LogP contribution in [0.3, 0.4) is 0 Å². The lowest BCUT2D eigenvalue weighted by Gasteiger charge is -2.38. The minimum absolute atomic E-state index is 0.158. The van der Waals surface area contributed by atoms with Gasteiger partial charge in [-0.2, -0.15) is 0 Å². The van der Waals surface area contributed by atoms with Gasteiger partial charge in [-0.3, -0.25) is 9.78 Å². The van der Waals surface area contributed by atoms with E-state index in [1.807, 2.05) is 13.0 Å². The standard InChI is InChI=1S/C16H23N3O/c1-2-18-14-8-9-17-11-13(14)16(20)19-10-4-6-12-5-3-7-15(12)19/h8-9,11-12,15H,2-7,10H2,1H3,(H,17,18). The summed E-state index contributed by atoms with van der Waals surface area (Å²) in [7, 11) is 0. The minimum atomic E-state index is 0.158. The van der Waals surface area contributed by atoms with Crippen molar-refractivity contribution in [1.29, 1.82) is 0 Å². The number of carbonyl (C=O) groups excluding carboxylic acids is 1. The second-order valence-corrected chi connectivity index (χ2v) is 5.85. The van der Waals surface area contributed by atoms with Crippen LogP contribution in [0.1, 0.15) is 49.4 Å². The highest BCUT2D eigenvalue weighted by Gasteiger charge is 2.38. The lowest BCUT2D eigenvalue weighted by Crippen LogP contribution is -2.46. The fourth-order valence-corrected chi connectivity index (χ4v) is 3.77. The number of nitrogens with one attached hydrogen (secondary N) is 1. The van der Waals surface area contributed by atoms with Gasteiger partial charge in [-0.05, 0) is 44.6 Å². The summed E-state index contributed by atoms with van der Waals surface area (Å²) >= 11 is 0. The number of piperidine rings is 1. The largest absolute Gasteiger partial charge is 0.385 e. The van der Waals surface area contributed by atoms with Crippen LogP contribution in [0.15, 0.2) is 18.5 Å². The van der Waals surface area contributed by atoms with Gasteiger partial charge in [0.05, 0.1) is 11.3 Å². The molecule has 3 rings (SSSR count). The third-order valence-corrected chi connectivity index (χ3v) is 4.67. The highest BCUT2D eigenvalue weighted by Crippen LogP contribution is 2.37. The molecule has 1 aliphatic carbocycles. The molecule has 2 heterocycles. The van der Waals surface area contributed by atoms with E-state index < -0.39 is 0 Å². The van der Waals surface area contributed by atoms with Gasteiger partial charge in [0, 0.05) is 31.5 Å². The van der Waals surface area contributed by atoms with Gasteiger partial charge in [0.25, 0.3) is 5.91 Å². The third kappa shape index (κ3) is 2.39. The van der Waals surface area contributed by atoms with Crippen LogP contribution < -0.4 is 5.32 Å². The van der Waals surface area contributed by atoms with Gasteiger partial charge in [-0.1, -0.05) is 6.42 Å². The lowest BCUT2D eigenvalue weighted by atomic mass is 9.91. The van der Waals surface area contributed by atoms with Gasteiger partial charge in [0.1, 0.15) is 0 Å². The normalized spacial score (nSPS) is 25.4. The first-order valence-corrected chi connectivity index (χ1v) is 7.80. The summed E-state index contributed by atoms with van der Waals surface area (Å²) in [5.41, 5.74) is 1.63. The second kappa shape index (κ2) is 5.81. The molecule has 1 aliphatic heterocycles. The summed E-state index contributed by atoms with van der Waals surface area (Å²) in [5, 5.41) is 3.27. The molecule has 1 saturated carbocycles. The molecule has 2 aliphatic rings. The number of anilines is 1. The summed E-state index contributed by atoms with van der Waals surface area (Å²) in [6.07, 6.45) is 9.62. The number of hydrogen-bond donors (Lipinski definition) is 1. The first-order chi connectivity index (χ1) is 9.81. The summed E-state index contributed by atoms with van der Waals surface area (Å²) in [5.74, 6) is 0.887. The maximum Gasteiger partial charge on any atom is 0.257 e. The van der Waals surface area contributed by atoms with Crippen molar-refractivity contribution in [3.8, 4) is 0 Å². The monoisotopic (exact) mass is 273 g/mol. The van der Waals surface area contributed by atoms with Crippen molar-refractivity contribution >= 4 is 11.6 Å². The van der Waals surface area contributed by atoms with Crippen LogP contribution in [0.5, 0.6) is 0 Å². The van der Waals surface area contributed by atoms with Crippen LogP contribution in [0.4, 0.5) is 5.69 Å². The van der Waals surface area contributed by atoms with E-state index in [1.54, 1.807) is 12.4 Å². The van der Waals surface area contributed by atoms with Crippen LogP contribution in [0.25, 0.3) is 0 Å². The van der Waals surface area contributed by atoms with E-state index in [0.717, 1.165) is 36.7 Å². The van der Waals surface area contributed by atoms with Crippen molar-refractivity contribution in [2.75, 3.05) is 18.4 Å². The number of aromatic nitrogens is 1. The van der Waals surface area contributed by atoms with Crippen molar-refractivity contribution in [2.45, 2.75) is 45.1 Å². The van der Waals surface area contributed by atoms with E-state index in [2.05, 4.69) is 15.2 Å². The Balaban J connectivity index is 1.84. The third-order valence-electron chi connectivity index (χ3n) is 4.67. The predicted molar refractivity (Wildman–Crippen MR) is 79.8 cm³/mol. The number of amides is 1. The minimum Gasteiger partial charge on any atom is -0.385 e. The number of rotatable bonds is 3. The number of pyridine rings is 1. The Morgan fingerprint density at radius 3 is 3.10 bits per heavy atom. The van der Waals surface area contributed by atoms with Crippen LogP contribution in [-0.4, -0.2) is 34.9 Å². The van der Waals surface area contributed by atoms with Crippen LogP contribution >= 0.6 is 0 Å². The molecule has 1 N–H and O–H groups in total. The van der Waals surface area contributed by atoms with Gasteiger partial charge in [0.15, 0.2) is 0 Å². The molecule has 4 heteroatoms. The van der Waals surface area contributed by atoms with Crippen molar-refractivity contribution in [1.82, 2.24) is 9.88 Å².